The molecule has 3 N–H and O–H groups in total. The van der Waals surface area contributed by atoms with Gasteiger partial charge in [0.05, 0.1) is 24.9 Å². The first kappa shape index (κ1) is 22.0. The summed E-state index contributed by atoms with van der Waals surface area (Å²) in [6, 6.07) is 4.25. The molecule has 1 unspecified atom stereocenters. The van der Waals surface area contributed by atoms with Crippen LogP contribution in [0.1, 0.15) is 23.8 Å². The third-order valence-corrected chi connectivity index (χ3v) is 6.38. The molecule has 13 heteroatoms. The number of hydrogen-bond donors (Lipinski definition) is 3. The molecule has 31 heavy (non-hydrogen) atoms. The maximum atomic E-state index is 12.7. The summed E-state index contributed by atoms with van der Waals surface area (Å²) in [5.41, 5.74) is -0.527. The maximum absolute atomic E-state index is 12.7. The van der Waals surface area contributed by atoms with Gasteiger partial charge in [0.1, 0.15) is 23.8 Å². The van der Waals surface area contributed by atoms with Crippen molar-refractivity contribution in [2.45, 2.75) is 31.5 Å². The highest BCUT2D eigenvalue weighted by Gasteiger charge is 2.40. The first-order valence-electron chi connectivity index (χ1n) is 9.14. The van der Waals surface area contributed by atoms with Crippen LogP contribution in [0.4, 0.5) is 0 Å². The van der Waals surface area contributed by atoms with Gasteiger partial charge in [-0.3, -0.25) is 23.4 Å². The fourth-order valence-corrected chi connectivity index (χ4v) is 4.74. The maximum Gasteiger partial charge on any atom is 0.530 e. The Hall–Kier alpha value is -2.21. The van der Waals surface area contributed by atoms with Gasteiger partial charge in [-0.2, -0.15) is 0 Å². The van der Waals surface area contributed by atoms with Crippen LogP contribution in [0.2, 0.25) is 0 Å². The number of H-pyrrole nitrogens is 1. The predicted octanol–water partition coefficient (Wildman–Crippen LogP) is 1.99. The highest BCUT2D eigenvalue weighted by atomic mass is 79.9. The first-order valence-corrected chi connectivity index (χ1v) is 11.5. The van der Waals surface area contributed by atoms with Crippen LogP contribution in [-0.2, 0) is 25.0 Å². The van der Waals surface area contributed by atoms with Crippen LogP contribution >= 0.6 is 23.8 Å². The zero-order valence-electron chi connectivity index (χ0n) is 15.8. The molecule has 0 saturated carbocycles. The van der Waals surface area contributed by atoms with Gasteiger partial charge in [0.25, 0.3) is 5.56 Å². The van der Waals surface area contributed by atoms with Crippen molar-refractivity contribution >= 4 is 29.8 Å². The van der Waals surface area contributed by atoms with Crippen molar-refractivity contribution < 1.29 is 33.1 Å². The molecule has 1 saturated heterocycles. The third kappa shape index (κ3) is 4.69. The van der Waals surface area contributed by atoms with Crippen molar-refractivity contribution in [1.29, 1.82) is 0 Å². The second-order valence-electron chi connectivity index (χ2n) is 6.88. The van der Waals surface area contributed by atoms with E-state index in [2.05, 4.69) is 20.9 Å². The summed E-state index contributed by atoms with van der Waals surface area (Å²) < 4.78 is 35.4. The molecular formula is C18H18BrN2O9P. The Morgan fingerprint density at radius 1 is 1.39 bits per heavy atom. The number of fused-ring (bicyclic) bond motifs is 1. The topological polar surface area (TPSA) is 149 Å². The summed E-state index contributed by atoms with van der Waals surface area (Å²) in [6.07, 6.45) is 0.0143. The Morgan fingerprint density at radius 2 is 2.19 bits per heavy atom. The fourth-order valence-electron chi connectivity index (χ4n) is 3.23. The van der Waals surface area contributed by atoms with Gasteiger partial charge < -0.3 is 19.5 Å². The molecule has 4 atom stereocenters. The molecule has 0 spiro atoms. The average Bonchev–Trinajstić information content (AvgIpc) is 3.09. The standard InChI is InChI=1S/C18H18BrN2O9P/c19-4-3-10-7-21(18(25)20-17(10)24)16-6-13(23)15(29-16)9-28-31(26)27-8-11-5-12(22)1-2-14(11)30-31/h1-5,7,13,15-16,22-23H,6,8-9H2,(H,20,24,25)/b4-3+/t13-,15+,16+,31?/m0/s1. The van der Waals surface area contributed by atoms with Gasteiger partial charge in [-0.05, 0) is 29.3 Å². The number of aliphatic hydroxyl groups is 1. The lowest BCUT2D eigenvalue weighted by atomic mass is 10.2. The van der Waals surface area contributed by atoms with Crippen molar-refractivity contribution in [3.05, 3.63) is 61.3 Å². The number of aromatic hydroxyl groups is 1. The zero-order valence-corrected chi connectivity index (χ0v) is 18.3. The van der Waals surface area contributed by atoms with Gasteiger partial charge in [0.2, 0.25) is 0 Å². The van der Waals surface area contributed by atoms with E-state index in [1.807, 2.05) is 0 Å². The number of nitrogens with one attached hydrogen (secondary N) is 1. The quantitative estimate of drug-likeness (QED) is 0.507. The van der Waals surface area contributed by atoms with E-state index in [4.69, 9.17) is 18.3 Å². The summed E-state index contributed by atoms with van der Waals surface area (Å²) in [4.78, 5) is 27.6. The normalized spacial score (nSPS) is 27.9. The number of aromatic amines is 1. The number of aliphatic hydroxyl groups excluding tert-OH is 1. The van der Waals surface area contributed by atoms with E-state index >= 15 is 0 Å². The number of halogens is 1. The van der Waals surface area contributed by atoms with Crippen LogP contribution in [0.3, 0.4) is 0 Å². The Labute approximate surface area is 183 Å². The lowest BCUT2D eigenvalue weighted by Gasteiger charge is -2.26. The van der Waals surface area contributed by atoms with Gasteiger partial charge in [-0.15, -0.1) is 0 Å². The van der Waals surface area contributed by atoms with Crippen molar-refractivity contribution in [2.75, 3.05) is 6.61 Å². The van der Waals surface area contributed by atoms with E-state index in [1.54, 1.807) is 0 Å². The molecular weight excluding hydrogens is 499 g/mol. The van der Waals surface area contributed by atoms with Crippen molar-refractivity contribution in [1.82, 2.24) is 9.55 Å². The number of ether oxygens (including phenoxy) is 1. The Bertz CT molecular complexity index is 1180. The van der Waals surface area contributed by atoms with E-state index in [1.165, 1.54) is 35.5 Å². The molecule has 0 bridgehead atoms. The fraction of sp³-hybridized carbons (Fsp3) is 0.333. The highest BCUT2D eigenvalue weighted by Crippen LogP contribution is 2.55. The number of benzene rings is 1. The van der Waals surface area contributed by atoms with Crippen molar-refractivity contribution in [2.24, 2.45) is 0 Å². The Balaban J connectivity index is 1.44. The largest absolute Gasteiger partial charge is 0.530 e. The second-order valence-corrected chi connectivity index (χ2v) is 9.00. The molecule has 2 aliphatic rings. The summed E-state index contributed by atoms with van der Waals surface area (Å²) in [5.74, 6) is 0.273. The van der Waals surface area contributed by atoms with Crippen molar-refractivity contribution in [3.63, 3.8) is 0 Å². The third-order valence-electron chi connectivity index (χ3n) is 4.78. The summed E-state index contributed by atoms with van der Waals surface area (Å²) in [6.45, 7) is -0.414. The molecule has 0 aliphatic carbocycles. The Kier molecular flexibility index (Phi) is 6.20. The number of phosphoric acid groups is 1. The SMILES string of the molecule is O=c1[nH]c(=O)n([C@H]2C[C@H](O)[C@@H](COP3(=O)OCc4cc(O)ccc4O3)O2)cc1/C=C/Br. The molecule has 4 rings (SSSR count). The van der Waals surface area contributed by atoms with E-state index in [-0.39, 0.29) is 36.7 Å². The van der Waals surface area contributed by atoms with E-state index in [0.717, 1.165) is 4.57 Å². The van der Waals surface area contributed by atoms with Crippen molar-refractivity contribution in [3.8, 4) is 11.5 Å². The molecule has 1 fully saturated rings. The molecule has 11 nitrogen and oxygen atoms in total. The smallest absolute Gasteiger partial charge is 0.508 e. The summed E-state index contributed by atoms with van der Waals surface area (Å²) in [7, 11) is -3.97. The number of nitrogens with zero attached hydrogens (tertiary/aromatic N) is 1. The molecule has 0 amide bonds. The lowest BCUT2D eigenvalue weighted by molar-refractivity contribution is -0.0468. The van der Waals surface area contributed by atoms with Crippen LogP contribution in [0.5, 0.6) is 11.5 Å². The highest BCUT2D eigenvalue weighted by molar-refractivity contribution is 9.11. The Morgan fingerprint density at radius 3 is 2.97 bits per heavy atom. The van der Waals surface area contributed by atoms with Gasteiger partial charge >= 0.3 is 13.5 Å². The molecule has 3 heterocycles. The number of hydrogen-bond acceptors (Lipinski definition) is 9. The minimum Gasteiger partial charge on any atom is -0.508 e. The predicted molar refractivity (Wildman–Crippen MR) is 111 cm³/mol. The van der Waals surface area contributed by atoms with Crippen LogP contribution < -0.4 is 15.8 Å². The van der Waals surface area contributed by atoms with E-state index < -0.39 is 37.5 Å². The minimum atomic E-state index is -3.97. The number of aromatic nitrogens is 2. The van der Waals surface area contributed by atoms with Crippen LogP contribution in [0.15, 0.2) is 39.0 Å². The summed E-state index contributed by atoms with van der Waals surface area (Å²) >= 11 is 3.07. The first-order chi connectivity index (χ1) is 14.8. The van der Waals surface area contributed by atoms with Gasteiger partial charge in [0.15, 0.2) is 0 Å². The monoisotopic (exact) mass is 516 g/mol. The van der Waals surface area contributed by atoms with E-state index in [9.17, 15) is 24.4 Å². The van der Waals surface area contributed by atoms with Gasteiger partial charge in [-0.25, -0.2) is 9.36 Å². The van der Waals surface area contributed by atoms with Crippen LogP contribution in [0, 0.1) is 0 Å². The number of phenols is 1. The number of phosphoric ester groups is 1. The molecule has 1 aromatic carbocycles. The molecule has 1 aromatic heterocycles. The minimum absolute atomic E-state index is 0.0180. The van der Waals surface area contributed by atoms with Crippen LogP contribution in [-0.4, -0.2) is 38.6 Å². The number of phenolic OH excluding ortho intramolecular Hbond substituents is 1. The molecule has 0 radical (unpaired) electrons. The summed E-state index contributed by atoms with van der Waals surface area (Å²) in [5, 5.41) is 19.8. The molecule has 166 valence electrons. The average molecular weight is 517 g/mol. The zero-order chi connectivity index (χ0) is 22.2. The number of rotatable bonds is 5. The second kappa shape index (κ2) is 8.73. The van der Waals surface area contributed by atoms with Crippen LogP contribution in [0.25, 0.3) is 6.08 Å². The van der Waals surface area contributed by atoms with E-state index in [0.29, 0.717) is 5.56 Å². The molecule has 2 aliphatic heterocycles. The van der Waals surface area contributed by atoms with Gasteiger partial charge in [0, 0.05) is 18.2 Å². The lowest BCUT2D eigenvalue weighted by Crippen LogP contribution is -2.33. The molecule has 2 aromatic rings. The van der Waals surface area contributed by atoms with Gasteiger partial charge in [-0.1, -0.05) is 15.9 Å².